The molecule has 0 radical (unpaired) electrons. The molecule has 8 nitrogen and oxygen atoms in total. The standard InChI is InChI=1S/C19H22N4O4/c1-21-19(23-10-14-5-6-16-17(8-14)27-12-26-16)22-9-13-3-2-4-15(7-13)25-11-18(20)24/h2-8H,9-12H2,1H3,(H2,20,24)(H2,21,22,23). The van der Waals surface area contributed by atoms with Crippen LogP contribution in [0.1, 0.15) is 11.1 Å². The van der Waals surface area contributed by atoms with Crippen molar-refractivity contribution in [2.24, 2.45) is 10.7 Å². The minimum absolute atomic E-state index is 0.143. The lowest BCUT2D eigenvalue weighted by Crippen LogP contribution is -2.36. The number of benzene rings is 2. The van der Waals surface area contributed by atoms with Gasteiger partial charge in [-0.3, -0.25) is 9.79 Å². The molecule has 27 heavy (non-hydrogen) atoms. The molecule has 0 saturated heterocycles. The molecule has 0 fully saturated rings. The van der Waals surface area contributed by atoms with E-state index < -0.39 is 5.91 Å². The lowest BCUT2D eigenvalue weighted by atomic mass is 10.2. The fourth-order valence-electron chi connectivity index (χ4n) is 2.54. The highest BCUT2D eigenvalue weighted by Crippen LogP contribution is 2.32. The summed E-state index contributed by atoms with van der Waals surface area (Å²) in [5.41, 5.74) is 7.14. The molecule has 0 atom stereocenters. The number of fused-ring (bicyclic) bond motifs is 1. The van der Waals surface area contributed by atoms with Gasteiger partial charge in [-0.05, 0) is 35.4 Å². The summed E-state index contributed by atoms with van der Waals surface area (Å²) in [5, 5.41) is 6.49. The zero-order chi connectivity index (χ0) is 19.1. The Morgan fingerprint density at radius 1 is 1.11 bits per heavy atom. The first-order chi connectivity index (χ1) is 13.1. The Hall–Kier alpha value is -3.42. The van der Waals surface area contributed by atoms with Gasteiger partial charge in [0.15, 0.2) is 24.1 Å². The fourth-order valence-corrected chi connectivity index (χ4v) is 2.54. The SMILES string of the molecule is CN=C(NCc1cccc(OCC(N)=O)c1)NCc1ccc2c(c1)OCO2. The van der Waals surface area contributed by atoms with Crippen LogP contribution in [0.15, 0.2) is 47.5 Å². The average Bonchev–Trinajstić information content (AvgIpc) is 3.14. The van der Waals surface area contributed by atoms with Gasteiger partial charge in [-0.15, -0.1) is 0 Å². The third-order valence-corrected chi connectivity index (χ3v) is 3.86. The van der Waals surface area contributed by atoms with Crippen molar-refractivity contribution in [3.8, 4) is 17.2 Å². The summed E-state index contributed by atoms with van der Waals surface area (Å²) in [6.07, 6.45) is 0. The second kappa shape index (κ2) is 8.79. The number of hydrogen-bond acceptors (Lipinski definition) is 5. The van der Waals surface area contributed by atoms with Crippen molar-refractivity contribution in [1.82, 2.24) is 10.6 Å². The van der Waals surface area contributed by atoms with E-state index in [1.165, 1.54) is 0 Å². The minimum Gasteiger partial charge on any atom is -0.484 e. The molecule has 8 heteroatoms. The van der Waals surface area contributed by atoms with E-state index >= 15 is 0 Å². The average molecular weight is 370 g/mol. The number of nitrogens with two attached hydrogens (primary N) is 1. The van der Waals surface area contributed by atoms with Crippen LogP contribution in [0, 0.1) is 0 Å². The fraction of sp³-hybridized carbons (Fsp3) is 0.263. The van der Waals surface area contributed by atoms with E-state index in [2.05, 4.69) is 15.6 Å². The largest absolute Gasteiger partial charge is 0.484 e. The summed E-state index contributed by atoms with van der Waals surface area (Å²) in [5.74, 6) is 2.27. The van der Waals surface area contributed by atoms with E-state index in [0.29, 0.717) is 24.8 Å². The number of ether oxygens (including phenoxy) is 3. The van der Waals surface area contributed by atoms with E-state index in [1.54, 1.807) is 13.1 Å². The lowest BCUT2D eigenvalue weighted by Gasteiger charge is -2.13. The van der Waals surface area contributed by atoms with Gasteiger partial charge in [0.25, 0.3) is 5.91 Å². The van der Waals surface area contributed by atoms with Gasteiger partial charge in [-0.2, -0.15) is 0 Å². The highest BCUT2D eigenvalue weighted by molar-refractivity contribution is 5.79. The first kappa shape index (κ1) is 18.4. The Balaban J connectivity index is 1.50. The minimum atomic E-state index is -0.508. The van der Waals surface area contributed by atoms with Crippen LogP contribution in [-0.4, -0.2) is 32.3 Å². The molecule has 0 bridgehead atoms. The molecule has 1 aliphatic rings. The Morgan fingerprint density at radius 3 is 2.59 bits per heavy atom. The third-order valence-electron chi connectivity index (χ3n) is 3.86. The van der Waals surface area contributed by atoms with Crippen LogP contribution < -0.4 is 30.6 Å². The maximum atomic E-state index is 10.8. The van der Waals surface area contributed by atoms with Gasteiger partial charge in [-0.1, -0.05) is 18.2 Å². The van der Waals surface area contributed by atoms with Crippen molar-refractivity contribution >= 4 is 11.9 Å². The second-order valence-corrected chi connectivity index (χ2v) is 5.87. The van der Waals surface area contributed by atoms with Crippen LogP contribution in [0.25, 0.3) is 0 Å². The van der Waals surface area contributed by atoms with Crippen molar-refractivity contribution < 1.29 is 19.0 Å². The molecule has 1 aliphatic heterocycles. The smallest absolute Gasteiger partial charge is 0.255 e. The number of carbonyl (C=O) groups excluding carboxylic acids is 1. The number of hydrogen-bond donors (Lipinski definition) is 3. The second-order valence-electron chi connectivity index (χ2n) is 5.87. The molecule has 3 rings (SSSR count). The number of aliphatic imine (C=N–C) groups is 1. The number of amides is 1. The monoisotopic (exact) mass is 370 g/mol. The van der Waals surface area contributed by atoms with Gasteiger partial charge in [-0.25, -0.2) is 0 Å². The normalized spacial score (nSPS) is 12.6. The molecule has 0 aliphatic carbocycles. The predicted molar refractivity (Wildman–Crippen MR) is 101 cm³/mol. The van der Waals surface area contributed by atoms with E-state index in [4.69, 9.17) is 19.9 Å². The molecule has 2 aromatic carbocycles. The number of nitrogens with zero attached hydrogens (tertiary/aromatic N) is 1. The summed E-state index contributed by atoms with van der Waals surface area (Å²) in [4.78, 5) is 15.0. The molecule has 1 amide bonds. The molecular weight excluding hydrogens is 348 g/mol. The van der Waals surface area contributed by atoms with Crippen LogP contribution >= 0.6 is 0 Å². The van der Waals surface area contributed by atoms with E-state index in [0.717, 1.165) is 22.6 Å². The molecule has 0 saturated carbocycles. The Kier molecular flexibility index (Phi) is 5.98. The first-order valence-corrected chi connectivity index (χ1v) is 8.47. The zero-order valence-corrected chi connectivity index (χ0v) is 15.0. The van der Waals surface area contributed by atoms with Gasteiger partial charge in [0.2, 0.25) is 6.79 Å². The Labute approximate surface area is 157 Å². The lowest BCUT2D eigenvalue weighted by molar-refractivity contribution is -0.119. The number of nitrogens with one attached hydrogen (secondary N) is 2. The van der Waals surface area contributed by atoms with Gasteiger partial charge >= 0.3 is 0 Å². The molecule has 2 aromatic rings. The summed E-state index contributed by atoms with van der Waals surface area (Å²) in [6.45, 7) is 1.26. The van der Waals surface area contributed by atoms with Crippen LogP contribution in [-0.2, 0) is 17.9 Å². The van der Waals surface area contributed by atoms with Crippen molar-refractivity contribution in [3.05, 3.63) is 53.6 Å². The summed E-state index contributed by atoms with van der Waals surface area (Å²) >= 11 is 0. The van der Waals surface area contributed by atoms with Crippen LogP contribution in [0.4, 0.5) is 0 Å². The maximum absolute atomic E-state index is 10.8. The van der Waals surface area contributed by atoms with Crippen LogP contribution in [0.3, 0.4) is 0 Å². The highest BCUT2D eigenvalue weighted by Gasteiger charge is 2.13. The maximum Gasteiger partial charge on any atom is 0.255 e. The van der Waals surface area contributed by atoms with Gasteiger partial charge in [0.1, 0.15) is 5.75 Å². The zero-order valence-electron chi connectivity index (χ0n) is 15.0. The molecule has 1 heterocycles. The Bertz CT molecular complexity index is 838. The first-order valence-electron chi connectivity index (χ1n) is 8.47. The number of primary amides is 1. The van der Waals surface area contributed by atoms with Crippen molar-refractivity contribution in [1.29, 1.82) is 0 Å². The van der Waals surface area contributed by atoms with Crippen LogP contribution in [0.5, 0.6) is 17.2 Å². The molecule has 0 unspecified atom stereocenters. The molecule has 4 N–H and O–H groups in total. The van der Waals surface area contributed by atoms with Crippen molar-refractivity contribution in [3.63, 3.8) is 0 Å². The Morgan fingerprint density at radius 2 is 1.85 bits per heavy atom. The summed E-state index contributed by atoms with van der Waals surface area (Å²) in [6, 6.07) is 13.3. The van der Waals surface area contributed by atoms with Crippen LogP contribution in [0.2, 0.25) is 0 Å². The van der Waals surface area contributed by atoms with Gasteiger partial charge in [0, 0.05) is 20.1 Å². The van der Waals surface area contributed by atoms with E-state index in [1.807, 2.05) is 36.4 Å². The van der Waals surface area contributed by atoms with Crippen molar-refractivity contribution in [2.75, 3.05) is 20.4 Å². The summed E-state index contributed by atoms with van der Waals surface area (Å²) in [7, 11) is 1.71. The summed E-state index contributed by atoms with van der Waals surface area (Å²) < 4.78 is 16.0. The predicted octanol–water partition coefficient (Wildman–Crippen LogP) is 1.14. The third kappa shape index (κ3) is 5.27. The van der Waals surface area contributed by atoms with Crippen molar-refractivity contribution in [2.45, 2.75) is 13.1 Å². The quantitative estimate of drug-likeness (QED) is 0.498. The van der Waals surface area contributed by atoms with Gasteiger partial charge in [0.05, 0.1) is 0 Å². The highest BCUT2D eigenvalue weighted by atomic mass is 16.7. The number of carbonyl (C=O) groups is 1. The molecule has 142 valence electrons. The van der Waals surface area contributed by atoms with E-state index in [-0.39, 0.29) is 13.4 Å². The van der Waals surface area contributed by atoms with Gasteiger partial charge < -0.3 is 30.6 Å². The molecular formula is C19H22N4O4. The number of rotatable bonds is 7. The number of guanidine groups is 1. The molecule has 0 spiro atoms. The topological polar surface area (TPSA) is 107 Å². The van der Waals surface area contributed by atoms with E-state index in [9.17, 15) is 4.79 Å². The molecule has 0 aromatic heterocycles.